The Bertz CT molecular complexity index is 471. The van der Waals surface area contributed by atoms with Crippen molar-refractivity contribution in [2.24, 2.45) is 11.8 Å². The van der Waals surface area contributed by atoms with Crippen LogP contribution in [0.1, 0.15) is 31.4 Å². The predicted molar refractivity (Wildman–Crippen MR) is 74.1 cm³/mol. The molecule has 0 aliphatic carbocycles. The fraction of sp³-hybridized carbons (Fsp3) is 0.600. The summed E-state index contributed by atoms with van der Waals surface area (Å²) in [6.45, 7) is 6.40. The Hall–Kier alpha value is -1.23. The summed E-state index contributed by atoms with van der Waals surface area (Å²) in [4.78, 5) is 2.10. The molecular weight excluding hydrogens is 265 g/mol. The number of nitrogens with zero attached hydrogens (tertiary/aromatic N) is 1. The second kappa shape index (κ2) is 5.64. The van der Waals surface area contributed by atoms with Crippen LogP contribution in [0.3, 0.4) is 0 Å². The standard InChI is InChI=1S/C15H21F3N2/c1-10-5-6-20(8-11(10)2)9-12-3-4-13(19)7-14(12)15(16,17)18/h3-4,7,10-11H,5-6,8-9,19H2,1-2H3. The van der Waals surface area contributed by atoms with Gasteiger partial charge in [0.25, 0.3) is 0 Å². The van der Waals surface area contributed by atoms with Crippen LogP contribution in [0, 0.1) is 11.8 Å². The van der Waals surface area contributed by atoms with E-state index in [1.165, 1.54) is 6.07 Å². The molecule has 5 heteroatoms. The van der Waals surface area contributed by atoms with Crippen molar-refractivity contribution in [1.82, 2.24) is 4.90 Å². The highest BCUT2D eigenvalue weighted by atomic mass is 19.4. The van der Waals surface area contributed by atoms with Crippen LogP contribution in [0.15, 0.2) is 18.2 Å². The number of piperidine rings is 1. The number of likely N-dealkylation sites (tertiary alicyclic amines) is 1. The van der Waals surface area contributed by atoms with E-state index in [9.17, 15) is 13.2 Å². The molecule has 20 heavy (non-hydrogen) atoms. The van der Waals surface area contributed by atoms with Crippen LogP contribution >= 0.6 is 0 Å². The molecule has 2 rings (SSSR count). The lowest BCUT2D eigenvalue weighted by Gasteiger charge is -2.35. The maximum absolute atomic E-state index is 13.0. The quantitative estimate of drug-likeness (QED) is 0.839. The molecule has 1 heterocycles. The van der Waals surface area contributed by atoms with Gasteiger partial charge in [-0.25, -0.2) is 0 Å². The Balaban J connectivity index is 2.17. The minimum atomic E-state index is -4.35. The SMILES string of the molecule is CC1CCN(Cc2ccc(N)cc2C(F)(F)F)CC1C. The number of nitrogen functional groups attached to an aromatic ring is 1. The molecule has 0 radical (unpaired) electrons. The van der Waals surface area contributed by atoms with Gasteiger partial charge in [0.15, 0.2) is 0 Å². The van der Waals surface area contributed by atoms with Gasteiger partial charge in [0.2, 0.25) is 0 Å². The first-order valence-electron chi connectivity index (χ1n) is 6.95. The van der Waals surface area contributed by atoms with Gasteiger partial charge in [-0.15, -0.1) is 0 Å². The van der Waals surface area contributed by atoms with E-state index in [0.29, 0.717) is 23.9 Å². The van der Waals surface area contributed by atoms with Gasteiger partial charge in [0, 0.05) is 18.8 Å². The number of nitrogens with two attached hydrogens (primary N) is 1. The van der Waals surface area contributed by atoms with Crippen molar-refractivity contribution in [1.29, 1.82) is 0 Å². The Morgan fingerprint density at radius 3 is 2.55 bits per heavy atom. The molecule has 2 N–H and O–H groups in total. The molecular formula is C15H21F3N2. The number of halogens is 3. The fourth-order valence-corrected chi connectivity index (χ4v) is 2.73. The third-order valence-corrected chi connectivity index (χ3v) is 4.25. The van der Waals surface area contributed by atoms with Gasteiger partial charge in [0.1, 0.15) is 0 Å². The molecule has 0 amide bonds. The van der Waals surface area contributed by atoms with Crippen LogP contribution < -0.4 is 5.73 Å². The molecule has 1 aromatic rings. The average molecular weight is 286 g/mol. The van der Waals surface area contributed by atoms with Gasteiger partial charge in [-0.05, 0) is 42.5 Å². The van der Waals surface area contributed by atoms with Crippen LogP contribution in [0.25, 0.3) is 0 Å². The Morgan fingerprint density at radius 2 is 1.95 bits per heavy atom. The first kappa shape index (κ1) is 15.2. The minimum Gasteiger partial charge on any atom is -0.399 e. The second-order valence-corrected chi connectivity index (χ2v) is 5.89. The summed E-state index contributed by atoms with van der Waals surface area (Å²) in [5.74, 6) is 1.16. The van der Waals surface area contributed by atoms with Crippen LogP contribution in [0.5, 0.6) is 0 Å². The highest BCUT2D eigenvalue weighted by molar-refractivity contribution is 5.46. The summed E-state index contributed by atoms with van der Waals surface area (Å²) in [7, 11) is 0. The first-order valence-corrected chi connectivity index (χ1v) is 6.95. The molecule has 1 saturated heterocycles. The molecule has 0 aromatic heterocycles. The van der Waals surface area contributed by atoms with E-state index in [-0.39, 0.29) is 5.69 Å². The molecule has 1 aliphatic rings. The molecule has 0 saturated carbocycles. The number of hydrogen-bond donors (Lipinski definition) is 1. The second-order valence-electron chi connectivity index (χ2n) is 5.89. The third-order valence-electron chi connectivity index (χ3n) is 4.25. The topological polar surface area (TPSA) is 29.3 Å². The van der Waals surface area contributed by atoms with Crippen molar-refractivity contribution >= 4 is 5.69 Å². The van der Waals surface area contributed by atoms with Gasteiger partial charge < -0.3 is 5.73 Å². The molecule has 2 atom stereocenters. The molecule has 2 unspecified atom stereocenters. The van der Waals surface area contributed by atoms with Crippen LogP contribution in [0.4, 0.5) is 18.9 Å². The monoisotopic (exact) mass is 286 g/mol. The van der Waals surface area contributed by atoms with Gasteiger partial charge in [0.05, 0.1) is 5.56 Å². The lowest BCUT2D eigenvalue weighted by molar-refractivity contribution is -0.138. The normalized spacial score (nSPS) is 24.9. The van der Waals surface area contributed by atoms with Crippen LogP contribution in [-0.2, 0) is 12.7 Å². The van der Waals surface area contributed by atoms with Gasteiger partial charge in [-0.1, -0.05) is 19.9 Å². The maximum Gasteiger partial charge on any atom is 0.416 e. The van der Waals surface area contributed by atoms with Crippen LogP contribution in [0.2, 0.25) is 0 Å². The smallest absolute Gasteiger partial charge is 0.399 e. The van der Waals surface area contributed by atoms with E-state index in [0.717, 1.165) is 25.6 Å². The summed E-state index contributed by atoms with van der Waals surface area (Å²) in [5, 5.41) is 0. The van der Waals surface area contributed by atoms with Crippen molar-refractivity contribution in [2.75, 3.05) is 18.8 Å². The Kier molecular flexibility index (Phi) is 4.28. The van der Waals surface area contributed by atoms with E-state index in [1.807, 2.05) is 0 Å². The number of alkyl halides is 3. The van der Waals surface area contributed by atoms with Crippen molar-refractivity contribution in [3.8, 4) is 0 Å². The summed E-state index contributed by atoms with van der Waals surface area (Å²) in [5.41, 5.74) is 5.34. The summed E-state index contributed by atoms with van der Waals surface area (Å²) < 4.78 is 39.1. The van der Waals surface area contributed by atoms with Crippen molar-refractivity contribution in [2.45, 2.75) is 33.0 Å². The molecule has 0 bridgehead atoms. The van der Waals surface area contributed by atoms with E-state index in [4.69, 9.17) is 5.73 Å². The van der Waals surface area contributed by atoms with E-state index >= 15 is 0 Å². The third kappa shape index (κ3) is 3.45. The zero-order valence-corrected chi connectivity index (χ0v) is 11.9. The largest absolute Gasteiger partial charge is 0.416 e. The number of rotatable bonds is 2. The number of anilines is 1. The zero-order chi connectivity index (χ0) is 14.9. The van der Waals surface area contributed by atoms with Gasteiger partial charge >= 0.3 is 6.18 Å². The van der Waals surface area contributed by atoms with Gasteiger partial charge in [-0.3, -0.25) is 4.90 Å². The molecule has 2 nitrogen and oxygen atoms in total. The highest BCUT2D eigenvalue weighted by Crippen LogP contribution is 2.34. The minimum absolute atomic E-state index is 0.154. The molecule has 112 valence electrons. The molecule has 1 aliphatic heterocycles. The van der Waals surface area contributed by atoms with Crippen molar-refractivity contribution < 1.29 is 13.2 Å². The maximum atomic E-state index is 13.0. The summed E-state index contributed by atoms with van der Waals surface area (Å²) in [6.07, 6.45) is -3.31. The van der Waals surface area contributed by atoms with E-state index < -0.39 is 11.7 Å². The van der Waals surface area contributed by atoms with Gasteiger partial charge in [-0.2, -0.15) is 13.2 Å². The van der Waals surface area contributed by atoms with E-state index in [2.05, 4.69) is 18.7 Å². The Labute approximate surface area is 117 Å². The lowest BCUT2D eigenvalue weighted by Crippen LogP contribution is -2.38. The molecule has 0 spiro atoms. The van der Waals surface area contributed by atoms with E-state index in [1.54, 1.807) is 6.07 Å². The number of benzene rings is 1. The first-order chi connectivity index (χ1) is 9.27. The highest BCUT2D eigenvalue weighted by Gasteiger charge is 2.34. The summed E-state index contributed by atoms with van der Waals surface area (Å²) >= 11 is 0. The molecule has 1 fully saturated rings. The average Bonchev–Trinajstić information content (AvgIpc) is 2.35. The van der Waals surface area contributed by atoms with Crippen molar-refractivity contribution in [3.63, 3.8) is 0 Å². The van der Waals surface area contributed by atoms with Crippen molar-refractivity contribution in [3.05, 3.63) is 29.3 Å². The number of hydrogen-bond acceptors (Lipinski definition) is 2. The molecule has 1 aromatic carbocycles. The Morgan fingerprint density at radius 1 is 1.25 bits per heavy atom. The zero-order valence-electron chi connectivity index (χ0n) is 11.9. The summed E-state index contributed by atoms with van der Waals surface area (Å²) in [6, 6.07) is 4.08. The predicted octanol–water partition coefficient (Wildman–Crippen LogP) is 3.77. The van der Waals surface area contributed by atoms with Crippen LogP contribution in [-0.4, -0.2) is 18.0 Å². The lowest BCUT2D eigenvalue weighted by atomic mass is 9.88. The fourth-order valence-electron chi connectivity index (χ4n) is 2.73.